The lowest BCUT2D eigenvalue weighted by Gasteiger charge is -2.07. The fourth-order valence-corrected chi connectivity index (χ4v) is 2.76. The second-order valence-electron chi connectivity index (χ2n) is 5.01. The molecule has 20 heavy (non-hydrogen) atoms. The summed E-state index contributed by atoms with van der Waals surface area (Å²) in [5.41, 5.74) is 6.90. The van der Waals surface area contributed by atoms with Gasteiger partial charge in [-0.2, -0.15) is 4.98 Å². The number of halogens is 1. The summed E-state index contributed by atoms with van der Waals surface area (Å²) in [6, 6.07) is 3.36. The number of methoxy groups -OCH3 is 1. The molecule has 3 rings (SSSR count). The summed E-state index contributed by atoms with van der Waals surface area (Å²) in [5.74, 6) is 2.18. The summed E-state index contributed by atoms with van der Waals surface area (Å²) in [6.07, 6.45) is 4.70. The van der Waals surface area contributed by atoms with Gasteiger partial charge in [0.2, 0.25) is 0 Å². The molecule has 2 N–H and O–H groups in total. The average Bonchev–Trinajstić information content (AvgIpc) is 3.10. The van der Waals surface area contributed by atoms with Gasteiger partial charge in [0.25, 0.3) is 5.89 Å². The number of ether oxygens (including phenoxy) is 1. The van der Waals surface area contributed by atoms with Crippen LogP contribution < -0.4 is 10.5 Å². The molecule has 0 unspecified atom stereocenters. The summed E-state index contributed by atoms with van der Waals surface area (Å²) in [7, 11) is 1.57. The topological polar surface area (TPSA) is 74.2 Å². The highest BCUT2D eigenvalue weighted by Gasteiger charge is 2.24. The normalized spacial score (nSPS) is 15.7. The van der Waals surface area contributed by atoms with Gasteiger partial charge in [-0.15, -0.1) is 0 Å². The fourth-order valence-electron chi connectivity index (χ4n) is 2.60. The molecule has 0 spiro atoms. The lowest BCUT2D eigenvalue weighted by atomic mass is 10.1. The van der Waals surface area contributed by atoms with Crippen LogP contribution >= 0.6 is 11.6 Å². The third-order valence-electron chi connectivity index (χ3n) is 3.71. The Labute approximate surface area is 122 Å². The Hall–Kier alpha value is -1.75. The summed E-state index contributed by atoms with van der Waals surface area (Å²) in [6.45, 7) is 0. The van der Waals surface area contributed by atoms with Crippen LogP contribution in [0, 0.1) is 0 Å². The van der Waals surface area contributed by atoms with Crippen LogP contribution in [0.15, 0.2) is 16.7 Å². The number of aromatic nitrogens is 2. The van der Waals surface area contributed by atoms with E-state index >= 15 is 0 Å². The molecule has 6 heteroatoms. The third-order valence-corrected chi connectivity index (χ3v) is 4.04. The molecule has 0 atom stereocenters. The molecule has 1 aliphatic carbocycles. The van der Waals surface area contributed by atoms with Gasteiger partial charge in [0.15, 0.2) is 5.82 Å². The molecule has 1 heterocycles. The molecule has 0 aliphatic heterocycles. The molecule has 1 fully saturated rings. The highest BCUT2D eigenvalue weighted by molar-refractivity contribution is 6.33. The van der Waals surface area contributed by atoms with Crippen molar-refractivity contribution in [3.05, 3.63) is 23.0 Å². The minimum atomic E-state index is 0.405. The Morgan fingerprint density at radius 3 is 2.80 bits per heavy atom. The summed E-state index contributed by atoms with van der Waals surface area (Å²) < 4.78 is 10.7. The van der Waals surface area contributed by atoms with Crippen molar-refractivity contribution in [1.29, 1.82) is 0 Å². The van der Waals surface area contributed by atoms with E-state index in [0.717, 1.165) is 18.7 Å². The van der Waals surface area contributed by atoms with Gasteiger partial charge in [-0.3, -0.25) is 0 Å². The first-order valence-corrected chi connectivity index (χ1v) is 7.04. The molecule has 2 aromatic rings. The number of nitrogens with zero attached hydrogens (tertiary/aromatic N) is 2. The summed E-state index contributed by atoms with van der Waals surface area (Å²) >= 11 is 6.06. The van der Waals surface area contributed by atoms with Crippen LogP contribution in [0.2, 0.25) is 5.02 Å². The largest absolute Gasteiger partial charge is 0.496 e. The van der Waals surface area contributed by atoms with Crippen molar-refractivity contribution in [1.82, 2.24) is 10.1 Å². The molecule has 0 amide bonds. The van der Waals surface area contributed by atoms with Gasteiger partial charge in [0.1, 0.15) is 5.75 Å². The standard InChI is InChI=1S/C14H16ClN3O2/c1-19-12-7-11(16)10(15)6-9(12)14-17-13(18-20-14)8-4-2-3-5-8/h6-8H,2-5,16H2,1H3. The number of anilines is 1. The highest BCUT2D eigenvalue weighted by atomic mass is 35.5. The maximum absolute atomic E-state index is 6.06. The zero-order valence-corrected chi connectivity index (χ0v) is 12.0. The number of hydrogen-bond donors (Lipinski definition) is 1. The van der Waals surface area contributed by atoms with Gasteiger partial charge < -0.3 is 15.0 Å². The van der Waals surface area contributed by atoms with Gasteiger partial charge in [-0.1, -0.05) is 29.6 Å². The molecule has 1 aromatic heterocycles. The smallest absolute Gasteiger partial charge is 0.261 e. The SMILES string of the molecule is COc1cc(N)c(Cl)cc1-c1nc(C2CCCC2)no1. The number of benzene rings is 1. The van der Waals surface area contributed by atoms with Crippen LogP contribution in [0.3, 0.4) is 0 Å². The van der Waals surface area contributed by atoms with E-state index in [1.807, 2.05) is 0 Å². The lowest BCUT2D eigenvalue weighted by Crippen LogP contribution is -1.95. The van der Waals surface area contributed by atoms with E-state index in [1.54, 1.807) is 19.2 Å². The van der Waals surface area contributed by atoms with Crippen molar-refractivity contribution >= 4 is 17.3 Å². The molecular formula is C14H16ClN3O2. The summed E-state index contributed by atoms with van der Waals surface area (Å²) in [5, 5.41) is 4.53. The zero-order valence-electron chi connectivity index (χ0n) is 11.2. The van der Waals surface area contributed by atoms with E-state index in [-0.39, 0.29) is 0 Å². The summed E-state index contributed by atoms with van der Waals surface area (Å²) in [4.78, 5) is 4.48. The highest BCUT2D eigenvalue weighted by Crippen LogP contribution is 2.37. The van der Waals surface area contributed by atoms with Crippen molar-refractivity contribution in [3.63, 3.8) is 0 Å². The molecule has 1 aromatic carbocycles. The second kappa shape index (κ2) is 5.32. The predicted octanol–water partition coefficient (Wildman–Crippen LogP) is 3.64. The quantitative estimate of drug-likeness (QED) is 0.875. The van der Waals surface area contributed by atoms with Crippen LogP contribution in [-0.2, 0) is 0 Å². The van der Waals surface area contributed by atoms with E-state index in [1.165, 1.54) is 12.8 Å². The molecule has 0 saturated heterocycles. The molecule has 0 radical (unpaired) electrons. The Morgan fingerprint density at radius 2 is 2.10 bits per heavy atom. The van der Waals surface area contributed by atoms with Crippen LogP contribution in [0.5, 0.6) is 5.75 Å². The first-order valence-electron chi connectivity index (χ1n) is 6.66. The predicted molar refractivity (Wildman–Crippen MR) is 76.9 cm³/mol. The van der Waals surface area contributed by atoms with E-state index < -0.39 is 0 Å². The number of nitrogens with two attached hydrogens (primary N) is 1. The maximum Gasteiger partial charge on any atom is 0.261 e. The third kappa shape index (κ3) is 2.33. The van der Waals surface area contributed by atoms with E-state index in [4.69, 9.17) is 26.6 Å². The van der Waals surface area contributed by atoms with Crippen LogP contribution in [0.1, 0.15) is 37.4 Å². The van der Waals surface area contributed by atoms with Crippen molar-refractivity contribution in [2.45, 2.75) is 31.6 Å². The Kier molecular flexibility index (Phi) is 3.53. The van der Waals surface area contributed by atoms with Crippen LogP contribution in [0.4, 0.5) is 5.69 Å². The van der Waals surface area contributed by atoms with Crippen molar-refractivity contribution < 1.29 is 9.26 Å². The number of rotatable bonds is 3. The average molecular weight is 294 g/mol. The maximum atomic E-state index is 6.06. The second-order valence-corrected chi connectivity index (χ2v) is 5.42. The lowest BCUT2D eigenvalue weighted by molar-refractivity contribution is 0.400. The molecular weight excluding hydrogens is 278 g/mol. The van der Waals surface area contributed by atoms with E-state index in [2.05, 4.69) is 10.1 Å². The van der Waals surface area contributed by atoms with Crippen molar-refractivity contribution in [2.75, 3.05) is 12.8 Å². The van der Waals surface area contributed by atoms with Crippen LogP contribution in [0.25, 0.3) is 11.5 Å². The first kappa shape index (κ1) is 13.2. The minimum absolute atomic E-state index is 0.405. The zero-order chi connectivity index (χ0) is 14.1. The Bertz CT molecular complexity index is 621. The number of hydrogen-bond acceptors (Lipinski definition) is 5. The Balaban J connectivity index is 1.98. The fraction of sp³-hybridized carbons (Fsp3) is 0.429. The first-order chi connectivity index (χ1) is 9.69. The molecule has 1 aliphatic rings. The van der Waals surface area contributed by atoms with Crippen molar-refractivity contribution in [3.8, 4) is 17.2 Å². The van der Waals surface area contributed by atoms with Gasteiger partial charge in [-0.05, 0) is 18.9 Å². The number of nitrogen functional groups attached to an aromatic ring is 1. The molecule has 0 bridgehead atoms. The monoisotopic (exact) mass is 293 g/mol. The van der Waals surface area contributed by atoms with Gasteiger partial charge in [0.05, 0.1) is 23.4 Å². The molecule has 5 nitrogen and oxygen atoms in total. The van der Waals surface area contributed by atoms with Gasteiger partial charge in [0, 0.05) is 12.0 Å². The Morgan fingerprint density at radius 1 is 1.35 bits per heavy atom. The molecule has 1 saturated carbocycles. The van der Waals surface area contributed by atoms with E-state index in [9.17, 15) is 0 Å². The van der Waals surface area contributed by atoms with Crippen molar-refractivity contribution in [2.24, 2.45) is 0 Å². The van der Waals surface area contributed by atoms with Gasteiger partial charge in [-0.25, -0.2) is 0 Å². The minimum Gasteiger partial charge on any atom is -0.496 e. The van der Waals surface area contributed by atoms with Crippen LogP contribution in [-0.4, -0.2) is 17.3 Å². The van der Waals surface area contributed by atoms with E-state index in [0.29, 0.717) is 33.8 Å². The van der Waals surface area contributed by atoms with Gasteiger partial charge >= 0.3 is 0 Å². The molecule has 106 valence electrons.